The summed E-state index contributed by atoms with van der Waals surface area (Å²) < 4.78 is 0. The first-order valence-corrected chi connectivity index (χ1v) is 7.74. The third-order valence-electron chi connectivity index (χ3n) is 2.50. The van der Waals surface area contributed by atoms with E-state index in [1.165, 1.54) is 0 Å². The van der Waals surface area contributed by atoms with E-state index in [2.05, 4.69) is 6.92 Å². The minimum Gasteiger partial charge on any atom is -0.339 e. The maximum absolute atomic E-state index is 11.9. The molecule has 0 aromatic rings. The molecule has 1 saturated heterocycles. The zero-order valence-electron chi connectivity index (χ0n) is 9.44. The predicted octanol–water partition coefficient (Wildman–Crippen LogP) is 1.03. The van der Waals surface area contributed by atoms with Crippen molar-refractivity contribution in [1.29, 1.82) is 0 Å². The highest BCUT2D eigenvalue weighted by Crippen LogP contribution is 2.18. The molecular weight excluding hydrogens is 228 g/mol. The van der Waals surface area contributed by atoms with Crippen LogP contribution >= 0.6 is 23.5 Å². The largest absolute Gasteiger partial charge is 0.339 e. The molecule has 0 aliphatic carbocycles. The lowest BCUT2D eigenvalue weighted by Crippen LogP contribution is -2.48. The average Bonchev–Trinajstić information content (AvgIpc) is 2.24. The quantitative estimate of drug-likeness (QED) is 0.807. The molecule has 5 heteroatoms. The van der Waals surface area contributed by atoms with Crippen molar-refractivity contribution >= 4 is 29.4 Å². The Morgan fingerprint density at radius 1 is 1.73 bits per heavy atom. The second kappa shape index (κ2) is 6.66. The highest BCUT2D eigenvalue weighted by molar-refractivity contribution is 8.00. The normalized spacial score (nSPS) is 23.9. The Kier molecular flexibility index (Phi) is 5.86. The molecule has 1 aliphatic heterocycles. The van der Waals surface area contributed by atoms with E-state index in [-0.39, 0.29) is 11.9 Å². The Bertz CT molecular complexity index is 214. The van der Waals surface area contributed by atoms with Crippen LogP contribution in [0.25, 0.3) is 0 Å². The maximum atomic E-state index is 11.9. The van der Waals surface area contributed by atoms with E-state index in [0.29, 0.717) is 5.25 Å². The number of carbonyl (C=O) groups excluding carboxylic acids is 1. The third kappa shape index (κ3) is 4.25. The maximum Gasteiger partial charge on any atom is 0.239 e. The summed E-state index contributed by atoms with van der Waals surface area (Å²) >= 11 is 3.67. The molecule has 15 heavy (non-hydrogen) atoms. The highest BCUT2D eigenvalue weighted by atomic mass is 32.2. The Labute approximate surface area is 101 Å². The Hall–Kier alpha value is 0.130. The number of hydrogen-bond acceptors (Lipinski definition) is 4. The third-order valence-corrected chi connectivity index (χ3v) is 4.28. The fraction of sp³-hybridized carbons (Fsp3) is 0.900. The summed E-state index contributed by atoms with van der Waals surface area (Å²) in [6.07, 6.45) is 2.83. The zero-order valence-corrected chi connectivity index (χ0v) is 11.1. The fourth-order valence-corrected chi connectivity index (χ4v) is 3.12. The molecule has 2 N–H and O–H groups in total. The molecule has 0 aromatic heterocycles. The molecule has 1 rings (SSSR count). The van der Waals surface area contributed by atoms with Crippen molar-refractivity contribution < 1.29 is 4.79 Å². The van der Waals surface area contributed by atoms with Gasteiger partial charge >= 0.3 is 0 Å². The van der Waals surface area contributed by atoms with Crippen LogP contribution in [0.2, 0.25) is 0 Å². The zero-order chi connectivity index (χ0) is 11.3. The van der Waals surface area contributed by atoms with E-state index in [4.69, 9.17) is 5.73 Å². The molecule has 1 aliphatic rings. The van der Waals surface area contributed by atoms with Gasteiger partial charge in [0.2, 0.25) is 5.91 Å². The smallest absolute Gasteiger partial charge is 0.239 e. The minimum absolute atomic E-state index is 0.135. The number of rotatable bonds is 4. The van der Waals surface area contributed by atoms with Gasteiger partial charge < -0.3 is 10.6 Å². The van der Waals surface area contributed by atoms with Gasteiger partial charge in [-0.05, 0) is 18.4 Å². The van der Waals surface area contributed by atoms with Gasteiger partial charge in [-0.2, -0.15) is 23.5 Å². The number of carbonyl (C=O) groups is 1. The van der Waals surface area contributed by atoms with Gasteiger partial charge in [0.15, 0.2) is 0 Å². The monoisotopic (exact) mass is 248 g/mol. The van der Waals surface area contributed by atoms with Crippen molar-refractivity contribution in [2.75, 3.05) is 30.9 Å². The van der Waals surface area contributed by atoms with Gasteiger partial charge in [-0.15, -0.1) is 0 Å². The standard InChI is InChI=1S/C10H20N2OS2/c1-8-7-12(4-6-15-8)10(13)9(11)3-5-14-2/h8-9H,3-7,11H2,1-2H3/t8?,9-/m0/s1. The van der Waals surface area contributed by atoms with E-state index in [9.17, 15) is 4.79 Å². The van der Waals surface area contributed by atoms with Crippen molar-refractivity contribution in [3.63, 3.8) is 0 Å². The lowest BCUT2D eigenvalue weighted by molar-refractivity contribution is -0.132. The summed E-state index contributed by atoms with van der Waals surface area (Å²) in [4.78, 5) is 13.9. The number of thioether (sulfide) groups is 2. The van der Waals surface area contributed by atoms with Crippen LogP contribution in [0.1, 0.15) is 13.3 Å². The van der Waals surface area contributed by atoms with Crippen LogP contribution in [-0.2, 0) is 4.79 Å². The van der Waals surface area contributed by atoms with Crippen molar-refractivity contribution in [1.82, 2.24) is 4.90 Å². The molecule has 0 spiro atoms. The van der Waals surface area contributed by atoms with Gasteiger partial charge in [0, 0.05) is 24.1 Å². The molecule has 2 atom stereocenters. The van der Waals surface area contributed by atoms with Gasteiger partial charge in [-0.25, -0.2) is 0 Å². The molecule has 1 amide bonds. The topological polar surface area (TPSA) is 46.3 Å². The number of nitrogens with two attached hydrogens (primary N) is 1. The number of amides is 1. The van der Waals surface area contributed by atoms with E-state index in [1.54, 1.807) is 11.8 Å². The summed E-state index contributed by atoms with van der Waals surface area (Å²) in [7, 11) is 0. The summed E-state index contributed by atoms with van der Waals surface area (Å²) in [6.45, 7) is 3.88. The van der Waals surface area contributed by atoms with Crippen LogP contribution in [0.3, 0.4) is 0 Å². The van der Waals surface area contributed by atoms with Gasteiger partial charge in [0.1, 0.15) is 0 Å². The first-order chi connectivity index (χ1) is 7.15. The van der Waals surface area contributed by atoms with E-state index < -0.39 is 0 Å². The molecular formula is C10H20N2OS2. The second-order valence-corrected chi connectivity index (χ2v) is 6.39. The van der Waals surface area contributed by atoms with Gasteiger partial charge in [0.25, 0.3) is 0 Å². The van der Waals surface area contributed by atoms with Gasteiger partial charge in [-0.1, -0.05) is 6.92 Å². The first-order valence-electron chi connectivity index (χ1n) is 5.30. The van der Waals surface area contributed by atoms with Crippen LogP contribution < -0.4 is 5.73 Å². The van der Waals surface area contributed by atoms with Crippen LogP contribution in [0.5, 0.6) is 0 Å². The Balaban J connectivity index is 2.37. The Morgan fingerprint density at radius 2 is 2.47 bits per heavy atom. The van der Waals surface area contributed by atoms with Gasteiger partial charge in [0.05, 0.1) is 6.04 Å². The van der Waals surface area contributed by atoms with E-state index in [0.717, 1.165) is 31.0 Å². The first kappa shape index (κ1) is 13.2. The van der Waals surface area contributed by atoms with E-state index >= 15 is 0 Å². The fourth-order valence-electron chi connectivity index (χ4n) is 1.62. The Morgan fingerprint density at radius 3 is 3.07 bits per heavy atom. The van der Waals surface area contributed by atoms with E-state index in [1.807, 2.05) is 22.9 Å². The molecule has 1 unspecified atom stereocenters. The lowest BCUT2D eigenvalue weighted by atomic mass is 10.2. The molecule has 1 heterocycles. The summed E-state index contributed by atoms with van der Waals surface area (Å²) in [5.41, 5.74) is 5.87. The van der Waals surface area contributed by atoms with Crippen LogP contribution in [0.15, 0.2) is 0 Å². The van der Waals surface area contributed by atoms with Crippen LogP contribution in [0.4, 0.5) is 0 Å². The minimum atomic E-state index is -0.298. The molecule has 88 valence electrons. The summed E-state index contributed by atoms with van der Waals surface area (Å²) in [5.74, 6) is 2.14. The van der Waals surface area contributed by atoms with Gasteiger partial charge in [-0.3, -0.25) is 4.79 Å². The van der Waals surface area contributed by atoms with Crippen molar-refractivity contribution in [2.24, 2.45) is 5.73 Å². The van der Waals surface area contributed by atoms with Crippen molar-refractivity contribution in [3.05, 3.63) is 0 Å². The highest BCUT2D eigenvalue weighted by Gasteiger charge is 2.24. The number of nitrogens with zero attached hydrogens (tertiary/aromatic N) is 1. The SMILES string of the molecule is CSCC[C@H](N)C(=O)N1CCSC(C)C1. The van der Waals surface area contributed by atoms with Crippen molar-refractivity contribution in [2.45, 2.75) is 24.6 Å². The molecule has 3 nitrogen and oxygen atoms in total. The predicted molar refractivity (Wildman–Crippen MR) is 69.5 cm³/mol. The summed E-state index contributed by atoms with van der Waals surface area (Å²) in [6, 6.07) is -0.298. The van der Waals surface area contributed by atoms with Crippen LogP contribution in [-0.4, -0.2) is 52.9 Å². The lowest BCUT2D eigenvalue weighted by Gasteiger charge is -2.32. The molecule has 0 bridgehead atoms. The number of hydrogen-bond donors (Lipinski definition) is 1. The van der Waals surface area contributed by atoms with Crippen LogP contribution in [0, 0.1) is 0 Å². The molecule has 0 radical (unpaired) electrons. The average molecular weight is 248 g/mol. The molecule has 0 saturated carbocycles. The molecule has 1 fully saturated rings. The van der Waals surface area contributed by atoms with Crippen molar-refractivity contribution in [3.8, 4) is 0 Å². The summed E-state index contributed by atoms with van der Waals surface area (Å²) in [5, 5.41) is 0.551. The second-order valence-electron chi connectivity index (χ2n) is 3.85. The molecule has 0 aromatic carbocycles.